The van der Waals surface area contributed by atoms with Crippen molar-refractivity contribution in [2.75, 3.05) is 0 Å². The molecule has 0 aromatic heterocycles. The molecule has 0 aromatic carbocycles. The van der Waals surface area contributed by atoms with Crippen LogP contribution < -0.4 is 0 Å². The van der Waals surface area contributed by atoms with Crippen molar-refractivity contribution in [2.24, 2.45) is 0 Å². The second-order valence-electron chi connectivity index (χ2n) is 0. The molecule has 4 heavy (non-hydrogen) atoms. The number of hydrogen-bond acceptors (Lipinski definition) is 0. The molecule has 0 aliphatic carbocycles. The molecule has 0 spiro atoms. The normalized spacial score (nSPS) is 0.750. The molecule has 0 nitrogen and oxygen atoms in total. The van der Waals surface area contributed by atoms with Crippen molar-refractivity contribution in [2.45, 2.75) is 0 Å². The van der Waals surface area contributed by atoms with Crippen molar-refractivity contribution in [3.05, 3.63) is 0 Å². The van der Waals surface area contributed by atoms with Gasteiger partial charge < -0.3 is 0 Å². The average Bonchev–Trinajstić information content (AvgIpc) is 1.00. The first-order chi connectivity index (χ1) is 1.00. The van der Waals surface area contributed by atoms with Crippen molar-refractivity contribution < 1.29 is 48.7 Å². The SMILES string of the molecule is [Co].[Mn].[P]#[Fe]. The molecule has 29 valence electrons. The second kappa shape index (κ2) is 20.1. The predicted molar refractivity (Wildman–Crippen MR) is 6.92 cm³/mol. The Morgan fingerprint density at radius 1 is 1.25 bits per heavy atom. The van der Waals surface area contributed by atoms with Gasteiger partial charge in [-0.1, -0.05) is 0 Å². The van der Waals surface area contributed by atoms with Crippen molar-refractivity contribution >= 4 is 7.27 Å². The summed E-state index contributed by atoms with van der Waals surface area (Å²) in [6, 6.07) is 0. The zero-order chi connectivity index (χ0) is 2.00. The van der Waals surface area contributed by atoms with E-state index in [9.17, 15) is 0 Å². The van der Waals surface area contributed by atoms with Crippen molar-refractivity contribution in [1.82, 2.24) is 0 Å². The zero-order valence-electron chi connectivity index (χ0n) is 1.51. The Hall–Kier alpha value is 1.98. The molecule has 0 heterocycles. The van der Waals surface area contributed by atoms with Crippen LogP contribution in [-0.2, 0) is 48.7 Å². The Morgan fingerprint density at radius 2 is 1.25 bits per heavy atom. The Morgan fingerprint density at radius 3 is 1.25 bits per heavy atom. The quantitative estimate of drug-likeness (QED) is 0.402. The Balaban J connectivity index is -0.00000000500. The van der Waals surface area contributed by atoms with Gasteiger partial charge in [0.1, 0.15) is 0 Å². The standard InChI is InChI=1S/Co.Fe.Mn.P. The second-order valence-corrected chi connectivity index (χ2v) is 0. The molecule has 2 radical (unpaired) electrons. The van der Waals surface area contributed by atoms with Gasteiger partial charge in [0.05, 0.1) is 0 Å². The van der Waals surface area contributed by atoms with Gasteiger partial charge in [-0.25, -0.2) is 0 Å². The van der Waals surface area contributed by atoms with E-state index in [1.807, 2.05) is 0 Å². The first-order valence-corrected chi connectivity index (χ1v) is 1.96. The van der Waals surface area contributed by atoms with Crippen molar-refractivity contribution in [3.8, 4) is 0 Å². The van der Waals surface area contributed by atoms with Crippen LogP contribution in [0.2, 0.25) is 0 Å². The molecule has 0 aliphatic rings. The summed E-state index contributed by atoms with van der Waals surface area (Å²) in [5, 5.41) is 0. The van der Waals surface area contributed by atoms with Gasteiger partial charge in [-0.2, -0.15) is 0 Å². The van der Waals surface area contributed by atoms with Gasteiger partial charge in [0, 0.05) is 33.8 Å². The van der Waals surface area contributed by atoms with Crippen LogP contribution >= 0.6 is 7.27 Å². The van der Waals surface area contributed by atoms with Gasteiger partial charge in [-0.3, -0.25) is 0 Å². The fraction of sp³-hybridized carbons (Fsp3) is 0. The van der Waals surface area contributed by atoms with Gasteiger partial charge in [0.2, 0.25) is 0 Å². The van der Waals surface area contributed by atoms with E-state index in [1.54, 1.807) is 0 Å². The Bertz CT molecular complexity index is 12.8. The zero-order valence-corrected chi connectivity index (χ0v) is 5.73. The van der Waals surface area contributed by atoms with Crippen LogP contribution in [0, 0.1) is 0 Å². The molecule has 0 atom stereocenters. The minimum absolute atomic E-state index is 0. The summed E-state index contributed by atoms with van der Waals surface area (Å²) in [5.41, 5.74) is 0. The van der Waals surface area contributed by atoms with Gasteiger partial charge in [0.25, 0.3) is 0 Å². The maximum atomic E-state index is 3.28. The molecule has 0 unspecified atom stereocenters. The van der Waals surface area contributed by atoms with E-state index in [0.29, 0.717) is 0 Å². The minimum atomic E-state index is 0. The van der Waals surface area contributed by atoms with Gasteiger partial charge in [-0.15, -0.1) is 0 Å². The maximum absolute atomic E-state index is 3.28. The molecule has 4 heteroatoms. The molecule has 0 saturated heterocycles. The molecular formula is CoFeMnP. The Labute approximate surface area is 55.8 Å². The molecule has 0 aromatic rings. The van der Waals surface area contributed by atoms with Crippen LogP contribution in [0.5, 0.6) is 0 Å². The number of rotatable bonds is 0. The third-order valence-corrected chi connectivity index (χ3v) is 0. The molecule has 0 saturated carbocycles. The molecule has 0 N–H and O–H groups in total. The van der Waals surface area contributed by atoms with Crippen LogP contribution in [0.4, 0.5) is 0 Å². The third-order valence-electron chi connectivity index (χ3n) is 0. The molecule has 0 amide bonds. The topological polar surface area (TPSA) is 0 Å². The summed E-state index contributed by atoms with van der Waals surface area (Å²) >= 11 is 2.94. The molecule has 0 bridgehead atoms. The molecule has 0 aliphatic heterocycles. The van der Waals surface area contributed by atoms with E-state index in [-0.39, 0.29) is 33.8 Å². The van der Waals surface area contributed by atoms with E-state index in [2.05, 4.69) is 22.2 Å². The average molecular weight is 201 g/mol. The monoisotopic (exact) mass is 201 g/mol. The molecular weight excluding hydrogens is 201 g/mol. The summed E-state index contributed by atoms with van der Waals surface area (Å²) in [6.07, 6.45) is 0. The van der Waals surface area contributed by atoms with Gasteiger partial charge in [-0.05, 0) is 0 Å². The van der Waals surface area contributed by atoms with Crippen LogP contribution in [0.25, 0.3) is 0 Å². The summed E-state index contributed by atoms with van der Waals surface area (Å²) in [5.74, 6) is 0. The predicted octanol–water partition coefficient (Wildman–Crippen LogP) is 0.854. The van der Waals surface area contributed by atoms with Gasteiger partial charge in [0.15, 0.2) is 0 Å². The van der Waals surface area contributed by atoms with Crippen LogP contribution in [0.3, 0.4) is 0 Å². The number of hydrogen-bond donors (Lipinski definition) is 0. The van der Waals surface area contributed by atoms with Crippen molar-refractivity contribution in [3.63, 3.8) is 0 Å². The van der Waals surface area contributed by atoms with Crippen LogP contribution in [0.1, 0.15) is 0 Å². The molecule has 0 rings (SSSR count). The van der Waals surface area contributed by atoms with E-state index in [1.165, 1.54) is 0 Å². The van der Waals surface area contributed by atoms with Gasteiger partial charge >= 0.3 is 22.2 Å². The van der Waals surface area contributed by atoms with Crippen molar-refractivity contribution in [1.29, 1.82) is 0 Å². The fourth-order valence-electron chi connectivity index (χ4n) is 0. The third kappa shape index (κ3) is 9.02. The summed E-state index contributed by atoms with van der Waals surface area (Å²) in [7, 11) is 3.28. The first kappa shape index (κ1) is 16.7. The summed E-state index contributed by atoms with van der Waals surface area (Å²) in [4.78, 5) is 0. The summed E-state index contributed by atoms with van der Waals surface area (Å²) < 4.78 is 0. The molecule has 0 fully saturated rings. The van der Waals surface area contributed by atoms with Crippen LogP contribution in [0.15, 0.2) is 0 Å². The van der Waals surface area contributed by atoms with E-state index < -0.39 is 0 Å². The van der Waals surface area contributed by atoms with E-state index in [4.69, 9.17) is 0 Å². The van der Waals surface area contributed by atoms with E-state index in [0.717, 1.165) is 0 Å². The van der Waals surface area contributed by atoms with E-state index >= 15 is 0 Å². The van der Waals surface area contributed by atoms with Crippen LogP contribution in [-0.4, -0.2) is 0 Å². The fourth-order valence-corrected chi connectivity index (χ4v) is 0. The Kier molecular flexibility index (Phi) is 84.2. The summed E-state index contributed by atoms with van der Waals surface area (Å²) in [6.45, 7) is 0. The first-order valence-electron chi connectivity index (χ1n) is 0.158.